The summed E-state index contributed by atoms with van der Waals surface area (Å²) in [6.07, 6.45) is 0. The largest absolute Gasteiger partial charge is 0.496 e. The van der Waals surface area contributed by atoms with Crippen molar-refractivity contribution < 1.29 is 14.3 Å². The van der Waals surface area contributed by atoms with Gasteiger partial charge in [0.1, 0.15) is 11.3 Å². The zero-order valence-corrected chi connectivity index (χ0v) is 9.56. The molecule has 88 valence electrons. The van der Waals surface area contributed by atoms with Crippen LogP contribution >= 0.6 is 0 Å². The molecule has 0 unspecified atom stereocenters. The third-order valence-corrected chi connectivity index (χ3v) is 2.46. The fraction of sp³-hybridized carbons (Fsp3) is 0.167. The molecule has 0 aliphatic rings. The number of primary amides is 1. The lowest BCUT2D eigenvalue weighted by atomic mass is 10.1. The fourth-order valence-corrected chi connectivity index (χ4v) is 1.66. The summed E-state index contributed by atoms with van der Waals surface area (Å²) >= 11 is 0. The number of hydrogen-bond donors (Lipinski definition) is 1. The number of nitrogens with zero attached hydrogens (tertiary/aromatic N) is 1. The Morgan fingerprint density at radius 1 is 1.29 bits per heavy atom. The number of pyridine rings is 1. The summed E-state index contributed by atoms with van der Waals surface area (Å²) in [5.74, 6) is 0.278. The van der Waals surface area contributed by atoms with Crippen molar-refractivity contribution in [2.24, 2.45) is 5.73 Å². The lowest BCUT2D eigenvalue weighted by Gasteiger charge is -2.09. The van der Waals surface area contributed by atoms with Crippen LogP contribution in [-0.4, -0.2) is 25.1 Å². The van der Waals surface area contributed by atoms with Gasteiger partial charge in [-0.25, -0.2) is 4.98 Å². The summed E-state index contributed by atoms with van der Waals surface area (Å²) in [5.41, 5.74) is 6.20. The molecule has 1 aromatic carbocycles. The van der Waals surface area contributed by atoms with Gasteiger partial charge in [-0.3, -0.25) is 4.79 Å². The Labute approximate surface area is 98.2 Å². The minimum absolute atomic E-state index is 0.221. The summed E-state index contributed by atoms with van der Waals surface area (Å²) < 4.78 is 10.2. The van der Waals surface area contributed by atoms with Gasteiger partial charge in [0.25, 0.3) is 5.91 Å². The van der Waals surface area contributed by atoms with Gasteiger partial charge in [0.15, 0.2) is 0 Å². The molecule has 1 amide bonds. The van der Waals surface area contributed by atoms with Crippen molar-refractivity contribution in [3.8, 4) is 11.6 Å². The minimum Gasteiger partial charge on any atom is -0.496 e. The van der Waals surface area contributed by atoms with Gasteiger partial charge in [0.05, 0.1) is 19.7 Å². The third kappa shape index (κ3) is 1.87. The molecule has 5 heteroatoms. The van der Waals surface area contributed by atoms with Gasteiger partial charge < -0.3 is 15.2 Å². The second kappa shape index (κ2) is 4.29. The molecule has 1 aromatic heterocycles. The lowest BCUT2D eigenvalue weighted by Crippen LogP contribution is -2.13. The maximum absolute atomic E-state index is 11.3. The SMILES string of the molecule is COc1nc2cccc(OC)c2cc1C(N)=O. The van der Waals surface area contributed by atoms with Crippen LogP contribution in [0.5, 0.6) is 11.6 Å². The normalized spacial score (nSPS) is 10.2. The van der Waals surface area contributed by atoms with Gasteiger partial charge in [0, 0.05) is 5.39 Å². The summed E-state index contributed by atoms with van der Waals surface area (Å²) in [4.78, 5) is 15.5. The van der Waals surface area contributed by atoms with E-state index in [1.807, 2.05) is 12.1 Å². The summed E-state index contributed by atoms with van der Waals surface area (Å²) in [6, 6.07) is 7.05. The molecular weight excluding hydrogens is 220 g/mol. The molecule has 0 aliphatic heterocycles. The number of benzene rings is 1. The first-order valence-corrected chi connectivity index (χ1v) is 4.99. The first-order valence-electron chi connectivity index (χ1n) is 4.99. The summed E-state index contributed by atoms with van der Waals surface area (Å²) in [6.45, 7) is 0. The van der Waals surface area contributed by atoms with Crippen LogP contribution in [0.4, 0.5) is 0 Å². The Kier molecular flexibility index (Phi) is 2.82. The molecule has 0 radical (unpaired) electrons. The number of rotatable bonds is 3. The molecule has 2 rings (SSSR count). The highest BCUT2D eigenvalue weighted by Crippen LogP contribution is 2.28. The first kappa shape index (κ1) is 11.2. The van der Waals surface area contributed by atoms with Gasteiger partial charge in [-0.15, -0.1) is 0 Å². The van der Waals surface area contributed by atoms with Crippen LogP contribution in [0.3, 0.4) is 0 Å². The quantitative estimate of drug-likeness (QED) is 0.866. The van der Waals surface area contributed by atoms with E-state index in [-0.39, 0.29) is 11.4 Å². The Morgan fingerprint density at radius 3 is 2.65 bits per heavy atom. The fourth-order valence-electron chi connectivity index (χ4n) is 1.66. The van der Waals surface area contributed by atoms with Crippen LogP contribution in [0, 0.1) is 0 Å². The van der Waals surface area contributed by atoms with E-state index in [0.29, 0.717) is 11.3 Å². The van der Waals surface area contributed by atoms with Crippen LogP contribution in [-0.2, 0) is 0 Å². The number of fused-ring (bicyclic) bond motifs is 1. The van der Waals surface area contributed by atoms with Crippen molar-refractivity contribution in [3.63, 3.8) is 0 Å². The Hall–Kier alpha value is -2.30. The van der Waals surface area contributed by atoms with Crippen LogP contribution in [0.1, 0.15) is 10.4 Å². The molecule has 0 saturated heterocycles. The molecule has 0 aliphatic carbocycles. The number of ether oxygens (including phenoxy) is 2. The second-order valence-corrected chi connectivity index (χ2v) is 3.44. The lowest BCUT2D eigenvalue weighted by molar-refractivity contribution is 0.0997. The number of nitrogens with two attached hydrogens (primary N) is 1. The van der Waals surface area contributed by atoms with Gasteiger partial charge in [-0.2, -0.15) is 0 Å². The number of carbonyl (C=O) groups is 1. The zero-order valence-electron chi connectivity index (χ0n) is 9.56. The molecule has 0 saturated carbocycles. The predicted octanol–water partition coefficient (Wildman–Crippen LogP) is 1.35. The summed E-state index contributed by atoms with van der Waals surface area (Å²) in [7, 11) is 3.00. The molecular formula is C12H12N2O3. The predicted molar refractivity (Wildman–Crippen MR) is 63.4 cm³/mol. The van der Waals surface area contributed by atoms with Crippen molar-refractivity contribution in [1.29, 1.82) is 0 Å². The molecule has 0 atom stereocenters. The highest BCUT2D eigenvalue weighted by atomic mass is 16.5. The first-order chi connectivity index (χ1) is 8.17. The topological polar surface area (TPSA) is 74.4 Å². The smallest absolute Gasteiger partial charge is 0.254 e. The average molecular weight is 232 g/mol. The van der Waals surface area contributed by atoms with E-state index in [4.69, 9.17) is 15.2 Å². The molecule has 2 aromatic rings. The van der Waals surface area contributed by atoms with Crippen molar-refractivity contribution in [2.45, 2.75) is 0 Å². The van der Waals surface area contributed by atoms with E-state index in [9.17, 15) is 4.79 Å². The number of amides is 1. The van der Waals surface area contributed by atoms with Crippen LogP contribution < -0.4 is 15.2 Å². The highest BCUT2D eigenvalue weighted by molar-refractivity contribution is 6.00. The molecule has 0 spiro atoms. The second-order valence-electron chi connectivity index (χ2n) is 3.44. The van der Waals surface area contributed by atoms with Crippen molar-refractivity contribution >= 4 is 16.8 Å². The zero-order chi connectivity index (χ0) is 12.4. The monoisotopic (exact) mass is 232 g/mol. The van der Waals surface area contributed by atoms with Crippen molar-refractivity contribution in [2.75, 3.05) is 14.2 Å². The molecule has 5 nitrogen and oxygen atoms in total. The number of hydrogen-bond acceptors (Lipinski definition) is 4. The summed E-state index contributed by atoms with van der Waals surface area (Å²) in [5, 5.41) is 0.726. The molecule has 0 fully saturated rings. The van der Waals surface area contributed by atoms with Crippen molar-refractivity contribution in [3.05, 3.63) is 29.8 Å². The Bertz CT molecular complexity index is 581. The van der Waals surface area contributed by atoms with Gasteiger partial charge in [-0.1, -0.05) is 6.07 Å². The van der Waals surface area contributed by atoms with E-state index >= 15 is 0 Å². The van der Waals surface area contributed by atoms with E-state index in [2.05, 4.69) is 4.98 Å². The number of methoxy groups -OCH3 is 2. The average Bonchev–Trinajstić information content (AvgIpc) is 2.36. The van der Waals surface area contributed by atoms with E-state index in [1.54, 1.807) is 19.2 Å². The maximum Gasteiger partial charge on any atom is 0.254 e. The number of aromatic nitrogens is 1. The van der Waals surface area contributed by atoms with E-state index in [1.165, 1.54) is 7.11 Å². The molecule has 17 heavy (non-hydrogen) atoms. The van der Waals surface area contributed by atoms with E-state index < -0.39 is 5.91 Å². The third-order valence-electron chi connectivity index (χ3n) is 2.46. The van der Waals surface area contributed by atoms with Gasteiger partial charge in [-0.05, 0) is 18.2 Å². The maximum atomic E-state index is 11.3. The Morgan fingerprint density at radius 2 is 2.06 bits per heavy atom. The van der Waals surface area contributed by atoms with Crippen LogP contribution in [0.2, 0.25) is 0 Å². The van der Waals surface area contributed by atoms with Gasteiger partial charge in [0.2, 0.25) is 5.88 Å². The molecule has 2 N–H and O–H groups in total. The minimum atomic E-state index is -0.581. The van der Waals surface area contributed by atoms with Gasteiger partial charge >= 0.3 is 0 Å². The standard InChI is InChI=1S/C12H12N2O3/c1-16-10-5-3-4-9-7(10)6-8(11(13)15)12(14-9)17-2/h3-6H,1-2H3,(H2,13,15). The van der Waals surface area contributed by atoms with Crippen molar-refractivity contribution in [1.82, 2.24) is 4.98 Å². The van der Waals surface area contributed by atoms with Crippen LogP contribution in [0.15, 0.2) is 24.3 Å². The van der Waals surface area contributed by atoms with Crippen LogP contribution in [0.25, 0.3) is 10.9 Å². The molecule has 1 heterocycles. The molecule has 0 bridgehead atoms. The van der Waals surface area contributed by atoms with E-state index in [0.717, 1.165) is 5.39 Å². The number of carbonyl (C=O) groups excluding carboxylic acids is 1. The Balaban J connectivity index is 2.78. The highest BCUT2D eigenvalue weighted by Gasteiger charge is 2.14.